The largest absolute Gasteiger partial charge is 0.444 e. The Morgan fingerprint density at radius 1 is 0.976 bits per heavy atom. The number of halogens is 7. The molecule has 1 aliphatic rings. The van der Waals surface area contributed by atoms with E-state index in [0.29, 0.717) is 17.7 Å². The maximum Gasteiger partial charge on any atom is 0.411 e. The van der Waals surface area contributed by atoms with Crippen molar-refractivity contribution in [2.24, 2.45) is 0 Å². The smallest absolute Gasteiger partial charge is 0.411 e. The first-order chi connectivity index (χ1) is 18.6. The first-order valence-corrected chi connectivity index (χ1v) is 13.9. The number of hydrogen-bond acceptors (Lipinski definition) is 5. The van der Waals surface area contributed by atoms with Crippen molar-refractivity contribution in [3.8, 4) is 0 Å². The van der Waals surface area contributed by atoms with Crippen LogP contribution in [0.2, 0.25) is 0 Å². The van der Waals surface area contributed by atoms with Crippen LogP contribution in [-0.4, -0.2) is 56.2 Å². The van der Waals surface area contributed by atoms with Gasteiger partial charge in [-0.2, -0.15) is 26.3 Å². The van der Waals surface area contributed by atoms with Crippen molar-refractivity contribution in [1.29, 1.82) is 0 Å². The normalized spacial score (nSPS) is 16.4. The molecule has 0 bridgehead atoms. The van der Waals surface area contributed by atoms with Crippen LogP contribution in [0.3, 0.4) is 0 Å². The monoisotopic (exact) mass is 612 g/mol. The maximum atomic E-state index is 13.7. The summed E-state index contributed by atoms with van der Waals surface area (Å²) in [7, 11) is -3.64. The number of benzene rings is 2. The lowest BCUT2D eigenvalue weighted by atomic mass is 9.76. The van der Waals surface area contributed by atoms with Crippen molar-refractivity contribution in [2.45, 2.75) is 68.0 Å². The number of sulfone groups is 1. The fraction of sp³-hybridized carbons (Fsp3) is 0.462. The van der Waals surface area contributed by atoms with Crippen LogP contribution in [0.4, 0.5) is 41.2 Å². The molecule has 2 aromatic carbocycles. The lowest BCUT2D eigenvalue weighted by Gasteiger charge is -2.37. The highest BCUT2D eigenvalue weighted by Crippen LogP contribution is 2.54. The van der Waals surface area contributed by atoms with E-state index in [4.69, 9.17) is 4.74 Å². The molecule has 15 heteroatoms. The van der Waals surface area contributed by atoms with Gasteiger partial charge in [0.25, 0.3) is 5.91 Å². The molecular formula is C26H27F7N2O5S. The fourth-order valence-electron chi connectivity index (χ4n) is 4.54. The van der Waals surface area contributed by atoms with Crippen LogP contribution in [0.15, 0.2) is 47.4 Å². The molecule has 2 amide bonds. The number of nitrogens with zero attached hydrogens (tertiary/aromatic N) is 1. The van der Waals surface area contributed by atoms with Gasteiger partial charge in [0.15, 0.2) is 15.3 Å². The lowest BCUT2D eigenvalue weighted by Crippen LogP contribution is -2.54. The molecule has 3 rings (SSSR count). The first-order valence-electron chi connectivity index (χ1n) is 12.1. The minimum Gasteiger partial charge on any atom is -0.444 e. The summed E-state index contributed by atoms with van der Waals surface area (Å²) < 4.78 is 124. The average molecular weight is 613 g/mol. The number of amides is 2. The van der Waals surface area contributed by atoms with Crippen LogP contribution in [-0.2, 0) is 31.3 Å². The number of ether oxygens (including phenoxy) is 1. The molecule has 1 atom stereocenters. The second kappa shape index (κ2) is 10.8. The van der Waals surface area contributed by atoms with Crippen LogP contribution >= 0.6 is 0 Å². The Bertz CT molecular complexity index is 1400. The SMILES string of the molecule is CC(C)(C)OC(=O)N1Cc2cc(S(C)(=O)=O)ccc2C1C(=O)Nc1ccc(C(CCF)(C(F)(F)F)C(F)(F)F)cc1. The summed E-state index contributed by atoms with van der Waals surface area (Å²) >= 11 is 0. The molecule has 0 saturated carbocycles. The summed E-state index contributed by atoms with van der Waals surface area (Å²) in [6.07, 6.45) is -13.6. The summed E-state index contributed by atoms with van der Waals surface area (Å²) in [5.74, 6) is -0.892. The number of carbonyl (C=O) groups is 2. The van der Waals surface area contributed by atoms with Gasteiger partial charge in [0.2, 0.25) is 0 Å². The Kier molecular flexibility index (Phi) is 8.47. The van der Waals surface area contributed by atoms with E-state index in [1.54, 1.807) is 20.8 Å². The van der Waals surface area contributed by atoms with Gasteiger partial charge in [0, 0.05) is 18.4 Å². The molecule has 1 N–H and O–H groups in total. The molecule has 1 heterocycles. The molecule has 7 nitrogen and oxygen atoms in total. The minimum absolute atomic E-state index is 0.0665. The van der Waals surface area contributed by atoms with Gasteiger partial charge in [-0.1, -0.05) is 18.2 Å². The molecular weight excluding hydrogens is 585 g/mol. The fourth-order valence-corrected chi connectivity index (χ4v) is 5.21. The molecule has 0 spiro atoms. The molecule has 0 saturated heterocycles. The van der Waals surface area contributed by atoms with Crippen LogP contribution in [0, 0.1) is 0 Å². The Balaban J connectivity index is 1.99. The maximum absolute atomic E-state index is 13.7. The standard InChI is InChI=1S/C26H27F7N2O5S/c1-23(2,3)40-22(37)35-14-15-13-18(41(4,38)39)9-10-19(15)20(35)21(36)34-17-7-5-16(6-8-17)24(11-12-27,25(28,29)30)26(31,32)33/h5-10,13,20H,11-12,14H2,1-4H3,(H,34,36). The number of fused-ring (bicyclic) bond motifs is 1. The van der Waals surface area contributed by atoms with Crippen LogP contribution in [0.5, 0.6) is 0 Å². The number of carbonyl (C=O) groups excluding carboxylic acids is 2. The van der Waals surface area contributed by atoms with Crippen LogP contribution in [0.25, 0.3) is 0 Å². The van der Waals surface area contributed by atoms with E-state index in [1.165, 1.54) is 18.2 Å². The van der Waals surface area contributed by atoms with Crippen LogP contribution < -0.4 is 5.32 Å². The van der Waals surface area contributed by atoms with Crippen molar-refractivity contribution in [3.63, 3.8) is 0 Å². The third kappa shape index (κ3) is 6.44. The van der Waals surface area contributed by atoms with E-state index in [9.17, 15) is 48.7 Å². The number of alkyl halides is 7. The lowest BCUT2D eigenvalue weighted by molar-refractivity contribution is -0.306. The van der Waals surface area contributed by atoms with Gasteiger partial charge in [0.1, 0.15) is 11.6 Å². The summed E-state index contributed by atoms with van der Waals surface area (Å²) in [6.45, 7) is 2.64. The zero-order chi connectivity index (χ0) is 31.2. The van der Waals surface area contributed by atoms with Gasteiger partial charge in [-0.3, -0.25) is 14.1 Å². The molecule has 0 radical (unpaired) electrons. The predicted octanol–water partition coefficient (Wildman–Crippen LogP) is 6.24. The Morgan fingerprint density at radius 2 is 1.54 bits per heavy atom. The van der Waals surface area contributed by atoms with Gasteiger partial charge < -0.3 is 10.1 Å². The average Bonchev–Trinajstić information content (AvgIpc) is 3.19. The van der Waals surface area contributed by atoms with Crippen LogP contribution in [0.1, 0.15) is 49.9 Å². The van der Waals surface area contributed by atoms with Crippen molar-refractivity contribution in [2.75, 3.05) is 18.2 Å². The summed E-state index contributed by atoms with van der Waals surface area (Å²) in [6, 6.07) is 5.10. The predicted molar refractivity (Wildman–Crippen MR) is 134 cm³/mol. The molecule has 0 fully saturated rings. The van der Waals surface area contributed by atoms with E-state index in [2.05, 4.69) is 5.32 Å². The summed E-state index contributed by atoms with van der Waals surface area (Å²) in [5, 5.41) is 2.36. The van der Waals surface area contributed by atoms with E-state index in [1.807, 2.05) is 0 Å². The first kappa shape index (κ1) is 32.2. The zero-order valence-corrected chi connectivity index (χ0v) is 23.1. The second-order valence-corrected chi connectivity index (χ2v) is 12.6. The zero-order valence-electron chi connectivity index (χ0n) is 22.3. The van der Waals surface area contributed by atoms with Crippen molar-refractivity contribution in [1.82, 2.24) is 4.90 Å². The van der Waals surface area contributed by atoms with Gasteiger partial charge in [-0.25, -0.2) is 13.2 Å². The molecule has 1 aliphatic heterocycles. The third-order valence-corrected chi connectivity index (χ3v) is 7.56. The molecule has 41 heavy (non-hydrogen) atoms. The number of anilines is 1. The van der Waals surface area contributed by atoms with E-state index in [0.717, 1.165) is 23.3 Å². The van der Waals surface area contributed by atoms with Crippen molar-refractivity contribution < 1.29 is 53.5 Å². The van der Waals surface area contributed by atoms with Gasteiger partial charge in [0.05, 0.1) is 18.1 Å². The highest BCUT2D eigenvalue weighted by Gasteiger charge is 2.71. The number of hydrogen-bond donors (Lipinski definition) is 1. The van der Waals surface area contributed by atoms with E-state index in [-0.39, 0.29) is 22.7 Å². The molecule has 2 aromatic rings. The Hall–Kier alpha value is -3.36. The quantitative estimate of drug-likeness (QED) is 0.390. The second-order valence-electron chi connectivity index (χ2n) is 10.5. The van der Waals surface area contributed by atoms with Gasteiger partial charge >= 0.3 is 18.4 Å². The molecule has 0 aromatic heterocycles. The number of nitrogens with one attached hydrogen (secondary N) is 1. The van der Waals surface area contributed by atoms with E-state index >= 15 is 0 Å². The van der Waals surface area contributed by atoms with E-state index < -0.39 is 69.9 Å². The minimum atomic E-state index is -5.87. The summed E-state index contributed by atoms with van der Waals surface area (Å²) in [4.78, 5) is 27.3. The number of rotatable bonds is 6. The van der Waals surface area contributed by atoms with Crippen molar-refractivity contribution >= 4 is 27.5 Å². The Morgan fingerprint density at radius 3 is 2.00 bits per heavy atom. The molecule has 226 valence electrons. The highest BCUT2D eigenvalue weighted by molar-refractivity contribution is 7.90. The third-order valence-electron chi connectivity index (χ3n) is 6.45. The topological polar surface area (TPSA) is 92.8 Å². The molecule has 0 aliphatic carbocycles. The van der Waals surface area contributed by atoms with Gasteiger partial charge in [-0.15, -0.1) is 0 Å². The molecule has 1 unspecified atom stereocenters. The highest BCUT2D eigenvalue weighted by atomic mass is 32.2. The summed E-state index contributed by atoms with van der Waals surface area (Å²) in [5.41, 5.74) is -6.34. The van der Waals surface area contributed by atoms with Gasteiger partial charge in [-0.05, 0) is 61.7 Å². The van der Waals surface area contributed by atoms with Crippen molar-refractivity contribution in [3.05, 3.63) is 59.2 Å². The Labute approximate surface area is 231 Å².